The zero-order chi connectivity index (χ0) is 25.3. The Kier molecular flexibility index (Phi) is 9.29. The van der Waals surface area contributed by atoms with Crippen molar-refractivity contribution in [2.45, 2.75) is 38.0 Å². The van der Waals surface area contributed by atoms with Crippen molar-refractivity contribution in [3.05, 3.63) is 94.1 Å². The molecule has 4 N–H and O–H groups in total. The number of fused-ring (bicyclic) bond motifs is 1. The molecule has 7 heteroatoms. The Hall–Kier alpha value is -2.99. The second-order valence-electron chi connectivity index (χ2n) is 8.87. The molecule has 5 nitrogen and oxygen atoms in total. The summed E-state index contributed by atoms with van der Waals surface area (Å²) in [5.74, 6) is 1.22. The number of H-pyrrole nitrogens is 1. The smallest absolute Gasteiger partial charge is 0.220 e. The molecule has 0 spiro atoms. The summed E-state index contributed by atoms with van der Waals surface area (Å²) in [5, 5.41) is 5.41. The summed E-state index contributed by atoms with van der Waals surface area (Å²) >= 11 is 12.3. The van der Waals surface area contributed by atoms with E-state index in [1.54, 1.807) is 12.1 Å². The van der Waals surface area contributed by atoms with E-state index in [1.807, 2.05) is 60.8 Å². The van der Waals surface area contributed by atoms with Crippen LogP contribution in [-0.2, 0) is 4.79 Å². The summed E-state index contributed by atoms with van der Waals surface area (Å²) in [4.78, 5) is 16.3. The van der Waals surface area contributed by atoms with E-state index in [2.05, 4.69) is 10.3 Å². The Morgan fingerprint density at radius 2 is 1.69 bits per heavy atom. The van der Waals surface area contributed by atoms with Crippen LogP contribution in [0.1, 0.15) is 49.1 Å². The van der Waals surface area contributed by atoms with E-state index in [0.29, 0.717) is 41.1 Å². The van der Waals surface area contributed by atoms with Gasteiger partial charge in [-0.2, -0.15) is 0 Å². The van der Waals surface area contributed by atoms with Gasteiger partial charge >= 0.3 is 0 Å². The molecule has 3 aromatic carbocycles. The molecule has 1 atom stereocenters. The fraction of sp³-hybridized carbons (Fsp3) is 0.276. The number of unbranched alkanes of at least 4 members (excludes halogenated alkanes) is 3. The summed E-state index contributed by atoms with van der Waals surface area (Å²) in [5.41, 5.74) is 8.55. The zero-order valence-corrected chi connectivity index (χ0v) is 21.6. The van der Waals surface area contributed by atoms with E-state index < -0.39 is 0 Å². The summed E-state index contributed by atoms with van der Waals surface area (Å²) in [6.07, 6.45) is 6.40. The van der Waals surface area contributed by atoms with Gasteiger partial charge in [0.15, 0.2) is 0 Å². The van der Waals surface area contributed by atoms with Gasteiger partial charge in [-0.3, -0.25) is 4.79 Å². The van der Waals surface area contributed by atoms with Gasteiger partial charge in [0.25, 0.3) is 0 Å². The molecule has 0 aliphatic rings. The molecular weight excluding hydrogens is 493 g/mol. The molecule has 0 bridgehead atoms. The van der Waals surface area contributed by atoms with Gasteiger partial charge in [0, 0.05) is 46.0 Å². The van der Waals surface area contributed by atoms with Crippen LogP contribution in [0.25, 0.3) is 10.9 Å². The molecule has 0 aliphatic heterocycles. The number of carbonyl (C=O) groups excluding carboxylic acids is 1. The van der Waals surface area contributed by atoms with Gasteiger partial charge < -0.3 is 20.8 Å². The Bertz CT molecular complexity index is 1290. The number of hydrogen-bond acceptors (Lipinski definition) is 3. The minimum atomic E-state index is -0.178. The van der Waals surface area contributed by atoms with Crippen molar-refractivity contribution < 1.29 is 9.53 Å². The number of aromatic nitrogens is 1. The van der Waals surface area contributed by atoms with Crippen LogP contribution in [0, 0.1) is 0 Å². The average molecular weight is 524 g/mol. The van der Waals surface area contributed by atoms with Crippen molar-refractivity contribution in [1.82, 2.24) is 10.3 Å². The summed E-state index contributed by atoms with van der Waals surface area (Å²) in [6, 6.07) is 20.9. The molecule has 1 unspecified atom stereocenters. The first-order valence-electron chi connectivity index (χ1n) is 12.3. The summed E-state index contributed by atoms with van der Waals surface area (Å²) < 4.78 is 6.07. The fourth-order valence-corrected chi connectivity index (χ4v) is 4.65. The number of benzene rings is 3. The van der Waals surface area contributed by atoms with Crippen LogP contribution in [0.3, 0.4) is 0 Å². The highest BCUT2D eigenvalue weighted by molar-refractivity contribution is 6.31. The third-order valence-electron chi connectivity index (χ3n) is 6.20. The predicted molar refractivity (Wildman–Crippen MR) is 148 cm³/mol. The lowest BCUT2D eigenvalue weighted by Gasteiger charge is -2.18. The van der Waals surface area contributed by atoms with E-state index in [1.165, 1.54) is 0 Å². The van der Waals surface area contributed by atoms with Crippen LogP contribution in [0.15, 0.2) is 72.9 Å². The van der Waals surface area contributed by atoms with Crippen LogP contribution < -0.4 is 15.8 Å². The van der Waals surface area contributed by atoms with Gasteiger partial charge in [-0.1, -0.05) is 48.2 Å². The molecule has 1 aromatic heterocycles. The van der Waals surface area contributed by atoms with Crippen LogP contribution in [0.2, 0.25) is 10.0 Å². The van der Waals surface area contributed by atoms with Crippen molar-refractivity contribution in [3.63, 3.8) is 0 Å². The van der Waals surface area contributed by atoms with Crippen molar-refractivity contribution in [2.75, 3.05) is 13.1 Å². The highest BCUT2D eigenvalue weighted by Crippen LogP contribution is 2.36. The van der Waals surface area contributed by atoms with Gasteiger partial charge in [-0.15, -0.1) is 0 Å². The standard InChI is InChI=1S/C29H31Cl2N3O2/c30-21-8-11-23(12-9-21)36-24-7-5-6-20(16-24)25(18-29(35)33-15-4-2-1-3-14-32)27-19-34-28-13-10-22(31)17-26(27)28/h5-13,16-17,19,25,34H,1-4,14-15,18,32H2,(H,33,35). The first-order valence-corrected chi connectivity index (χ1v) is 13.1. The Balaban J connectivity index is 1.57. The molecule has 1 amide bonds. The van der Waals surface area contributed by atoms with Gasteiger partial charge in [-0.25, -0.2) is 0 Å². The van der Waals surface area contributed by atoms with Crippen LogP contribution in [0.4, 0.5) is 0 Å². The molecule has 188 valence electrons. The van der Waals surface area contributed by atoms with Crippen molar-refractivity contribution in [3.8, 4) is 11.5 Å². The number of aromatic amines is 1. The van der Waals surface area contributed by atoms with Gasteiger partial charge in [0.2, 0.25) is 5.91 Å². The van der Waals surface area contributed by atoms with Crippen molar-refractivity contribution in [1.29, 1.82) is 0 Å². The van der Waals surface area contributed by atoms with E-state index >= 15 is 0 Å². The number of nitrogens with two attached hydrogens (primary N) is 1. The third kappa shape index (κ3) is 7.03. The van der Waals surface area contributed by atoms with E-state index in [0.717, 1.165) is 47.7 Å². The maximum atomic E-state index is 13.0. The quantitative estimate of drug-likeness (QED) is 0.169. The third-order valence-corrected chi connectivity index (χ3v) is 6.69. The maximum Gasteiger partial charge on any atom is 0.220 e. The molecule has 36 heavy (non-hydrogen) atoms. The monoisotopic (exact) mass is 523 g/mol. The number of halogens is 2. The normalized spacial score (nSPS) is 12.0. The lowest BCUT2D eigenvalue weighted by Crippen LogP contribution is -2.26. The van der Waals surface area contributed by atoms with Crippen LogP contribution >= 0.6 is 23.2 Å². The molecule has 0 radical (unpaired) electrons. The highest BCUT2D eigenvalue weighted by Gasteiger charge is 2.22. The maximum absolute atomic E-state index is 13.0. The fourth-order valence-electron chi connectivity index (χ4n) is 4.35. The zero-order valence-electron chi connectivity index (χ0n) is 20.1. The SMILES string of the molecule is NCCCCCCNC(=O)CC(c1cccc(Oc2ccc(Cl)cc2)c1)c1c[nH]c2ccc(Cl)cc12. The molecule has 0 saturated carbocycles. The average Bonchev–Trinajstić information content (AvgIpc) is 3.29. The Morgan fingerprint density at radius 3 is 2.50 bits per heavy atom. The molecule has 4 aromatic rings. The van der Waals surface area contributed by atoms with Gasteiger partial charge in [-0.05, 0) is 85.1 Å². The molecule has 0 aliphatic carbocycles. The van der Waals surface area contributed by atoms with Crippen molar-refractivity contribution in [2.24, 2.45) is 5.73 Å². The number of hydrogen-bond donors (Lipinski definition) is 3. The van der Waals surface area contributed by atoms with E-state index in [-0.39, 0.29) is 11.8 Å². The molecule has 1 heterocycles. The second kappa shape index (κ2) is 12.8. The minimum absolute atomic E-state index is 0.0132. The van der Waals surface area contributed by atoms with Crippen LogP contribution in [-0.4, -0.2) is 24.0 Å². The van der Waals surface area contributed by atoms with Gasteiger partial charge in [0.1, 0.15) is 11.5 Å². The molecule has 0 saturated heterocycles. The van der Waals surface area contributed by atoms with Crippen molar-refractivity contribution >= 4 is 40.0 Å². The minimum Gasteiger partial charge on any atom is -0.457 e. The topological polar surface area (TPSA) is 80.1 Å². The van der Waals surface area contributed by atoms with E-state index in [4.69, 9.17) is 33.7 Å². The predicted octanol–water partition coefficient (Wildman–Crippen LogP) is 7.42. The lowest BCUT2D eigenvalue weighted by atomic mass is 9.88. The lowest BCUT2D eigenvalue weighted by molar-refractivity contribution is -0.121. The number of amides is 1. The number of rotatable bonds is 12. The molecule has 0 fully saturated rings. The summed E-state index contributed by atoms with van der Waals surface area (Å²) in [6.45, 7) is 1.37. The van der Waals surface area contributed by atoms with E-state index in [9.17, 15) is 4.79 Å². The Morgan fingerprint density at radius 1 is 0.917 bits per heavy atom. The first-order chi connectivity index (χ1) is 17.5. The summed E-state index contributed by atoms with van der Waals surface area (Å²) in [7, 11) is 0. The van der Waals surface area contributed by atoms with Gasteiger partial charge in [0.05, 0.1) is 0 Å². The number of carbonyl (C=O) groups is 1. The number of nitrogens with one attached hydrogen (secondary N) is 2. The molecular formula is C29H31Cl2N3O2. The largest absolute Gasteiger partial charge is 0.457 e. The molecule has 4 rings (SSSR count). The second-order valence-corrected chi connectivity index (χ2v) is 9.74. The highest BCUT2D eigenvalue weighted by atomic mass is 35.5. The first kappa shape index (κ1) is 26.1. The Labute approximate surface area is 221 Å². The van der Waals surface area contributed by atoms with Crippen LogP contribution in [0.5, 0.6) is 11.5 Å². The number of ether oxygens (including phenoxy) is 1.